The molecule has 0 amide bonds. The van der Waals surface area contributed by atoms with Crippen molar-refractivity contribution < 1.29 is 189 Å². The molecule has 44 nitrogen and oxygen atoms in total. The first kappa shape index (κ1) is 75.8. The molecular formula is C51H83N5O39. The Balaban J connectivity index is 0.000000506. The molecule has 0 unspecified atom stereocenters. The maximum Gasteiger partial charge on any atom is 0.280 e. The smallest absolute Gasteiger partial charge is 0.280 e. The molecule has 2 aromatic rings. The van der Waals surface area contributed by atoms with Crippen LogP contribution in [0.3, 0.4) is 0 Å². The first-order valence-electron chi connectivity index (χ1n) is 29.8. The zero-order valence-corrected chi connectivity index (χ0v) is 49.7. The van der Waals surface area contributed by atoms with Gasteiger partial charge in [-0.25, -0.2) is 4.98 Å². The zero-order valence-electron chi connectivity index (χ0n) is 49.7. The highest BCUT2D eigenvalue weighted by molar-refractivity contribution is 5.70. The van der Waals surface area contributed by atoms with E-state index < -0.39 is 273 Å². The Morgan fingerprint density at radius 1 is 0.379 bits per heavy atom. The van der Waals surface area contributed by atoms with Gasteiger partial charge in [0.1, 0.15) is 184 Å². The highest BCUT2D eigenvalue weighted by Crippen LogP contribution is 2.39. The minimum absolute atomic E-state index is 0.00181. The Labute approximate surface area is 533 Å². The van der Waals surface area contributed by atoms with Crippen LogP contribution >= 0.6 is 0 Å². The quantitative estimate of drug-likeness (QED) is 0.0938. The SMILES string of the molecule is Nc1nc2c(ncn2COC(CO)CO)c(=O)[nH]1.OC[C@H]1O[C@@H]2O[C@H]3[C@H](O)[C@@H](O)[C@@H](O[C@H]4[C@H](O)[C@@H](O)[C@@H](O[C@H]5[C@H](O)[C@@H](O)[C@@H](O[C@H]6[C@H](O)[C@@H](O)[C@@H](O[C@H]7[C@H](O)[C@@H](O)[C@@H](O[C@H]8[C@H](O)[C@@H](O)[C@@H](O[C@H]1[C@H](O)[C@H]2O)O[C@@H]8CO)O[C@@H]7CO)O[C@@H]6CO)O[C@@H]5CO)O[C@@H]4CO)O[C@@H]3CO. The van der Waals surface area contributed by atoms with Crippen molar-refractivity contribution in [3.63, 3.8) is 0 Å². The van der Waals surface area contributed by atoms with Crippen molar-refractivity contribution in [2.24, 2.45) is 0 Å². The van der Waals surface area contributed by atoms with E-state index in [1.54, 1.807) is 0 Å². The number of rotatable bonds is 12. The number of nitrogens with zero attached hydrogens (tertiary/aromatic N) is 3. The molecule has 21 aliphatic rings. The molecule has 0 saturated carbocycles. The summed E-state index contributed by atoms with van der Waals surface area (Å²) in [6.07, 6.45) is -69.6. The monoisotopic (exact) mass is 1390 g/mol. The van der Waals surface area contributed by atoms with Crippen LogP contribution in [0.2, 0.25) is 0 Å². The minimum Gasteiger partial charge on any atom is -0.394 e. The van der Waals surface area contributed by atoms with Gasteiger partial charge in [-0.15, -0.1) is 0 Å². The lowest BCUT2D eigenvalue weighted by atomic mass is 9.95. The van der Waals surface area contributed by atoms with Crippen LogP contribution < -0.4 is 11.3 Å². The zero-order chi connectivity index (χ0) is 69.2. The molecular weight excluding hydrogens is 1310 g/mol. The normalized spacial score (nSPS) is 47.1. The number of nitrogens with two attached hydrogens (primary N) is 1. The summed E-state index contributed by atoms with van der Waals surface area (Å²) >= 11 is 0. The van der Waals surface area contributed by atoms with E-state index in [0.29, 0.717) is 0 Å². The van der Waals surface area contributed by atoms with Crippen LogP contribution in [0, 0.1) is 0 Å². The highest BCUT2D eigenvalue weighted by atomic mass is 16.8. The van der Waals surface area contributed by atoms with Gasteiger partial charge in [-0.1, -0.05) is 0 Å². The van der Waals surface area contributed by atoms with Gasteiger partial charge in [0.15, 0.2) is 55.2 Å². The molecule has 21 fully saturated rings. The third-order valence-corrected chi connectivity index (χ3v) is 17.1. The van der Waals surface area contributed by atoms with Gasteiger partial charge >= 0.3 is 0 Å². The van der Waals surface area contributed by atoms with Crippen LogP contribution in [0.4, 0.5) is 5.95 Å². The molecule has 0 aliphatic carbocycles. The van der Waals surface area contributed by atoms with Gasteiger partial charge in [0.05, 0.1) is 65.8 Å². The summed E-state index contributed by atoms with van der Waals surface area (Å²) in [5, 5.41) is 248. The number of aliphatic hydroxyl groups excluding tert-OH is 23. The summed E-state index contributed by atoms with van der Waals surface area (Å²) in [6.45, 7) is -7.94. The second-order valence-corrected chi connectivity index (χ2v) is 23.3. The minimum atomic E-state index is -2.21. The molecule has 21 saturated heterocycles. The second-order valence-electron chi connectivity index (χ2n) is 23.3. The molecule has 546 valence electrons. The maximum atomic E-state index is 11.5. The number of imidazole rings is 1. The lowest BCUT2D eigenvalue weighted by molar-refractivity contribution is -0.396. The Morgan fingerprint density at radius 3 is 0.800 bits per heavy atom. The largest absolute Gasteiger partial charge is 0.394 e. The van der Waals surface area contributed by atoms with Gasteiger partial charge in [-0.3, -0.25) is 14.3 Å². The first-order valence-corrected chi connectivity index (χ1v) is 29.8. The standard InChI is InChI=1S/C42H70O35.C9H13N5O4/c43-1-8-29-15(50)22(57)36(64-8)72-30-9(2-44)66-38(24(59)17(30)52)74-32-11(4-46)68-40(26(61)19(32)54)76-34-13(6-48)70-42(28(63)21(34)56)77-35-14(7-49)69-41(27(62)20(35)55)75-33-12(5-47)67-39(25(60)18(33)53)73-31-10(3-45)65-37(71-29)23(58)16(31)51;10-9-12-7-6(8(17)13-9)11-3-14(7)4-18-5(1-15)2-16/h8-63H,1-7H2;3,5,15-16H,1-2,4H2,(H3,10,12,13,17)/t8-,9-,10-,11-,12-,13-,14-,15-,16-,17-,18-,19-,20-,21-,22-,23-,24-,25-,26-,27-,28-,29-,30-,31-,32-,33-,34-,35-,36-,37-,38-,39-,40-,41-,42-;/m1./s1. The molecule has 2 aromatic heterocycles. The van der Waals surface area contributed by atoms with Crippen molar-refractivity contribution in [1.82, 2.24) is 19.5 Å². The van der Waals surface area contributed by atoms with E-state index in [-0.39, 0.29) is 37.1 Å². The predicted molar refractivity (Wildman–Crippen MR) is 290 cm³/mol. The number of aromatic amines is 1. The summed E-state index contributed by atoms with van der Waals surface area (Å²) in [7, 11) is 0. The molecule has 21 aliphatic heterocycles. The Kier molecular flexibility index (Phi) is 26.3. The van der Waals surface area contributed by atoms with Crippen molar-refractivity contribution in [1.29, 1.82) is 0 Å². The Hall–Kier alpha value is -3.37. The highest BCUT2D eigenvalue weighted by Gasteiger charge is 2.59. The van der Waals surface area contributed by atoms with E-state index in [9.17, 15) is 112 Å². The van der Waals surface area contributed by atoms with Crippen LogP contribution in [-0.4, -0.2) is 417 Å². The number of aromatic nitrogens is 4. The number of hydrogen-bond donors (Lipinski definition) is 25. The fraction of sp³-hybridized carbons (Fsp3) is 0.902. The third kappa shape index (κ3) is 15.7. The van der Waals surface area contributed by atoms with Crippen LogP contribution in [0.5, 0.6) is 0 Å². The predicted octanol–water partition coefficient (Wildman–Crippen LogP) is -17.2. The van der Waals surface area contributed by atoms with Crippen molar-refractivity contribution in [3.05, 3.63) is 16.7 Å². The fourth-order valence-electron chi connectivity index (χ4n) is 11.8. The average molecular weight is 1390 g/mol. The van der Waals surface area contributed by atoms with E-state index in [1.807, 2.05) is 0 Å². The van der Waals surface area contributed by atoms with Crippen LogP contribution in [0.15, 0.2) is 11.1 Å². The number of aliphatic hydroxyl groups is 23. The average Bonchev–Trinajstić information content (AvgIpc) is 1.42. The molecule has 95 heavy (non-hydrogen) atoms. The lowest BCUT2D eigenvalue weighted by Gasteiger charge is -2.50. The van der Waals surface area contributed by atoms with Gasteiger partial charge in [0.2, 0.25) is 5.95 Å². The molecule has 14 bridgehead atoms. The number of ether oxygens (including phenoxy) is 15. The second kappa shape index (κ2) is 33.0. The van der Waals surface area contributed by atoms with E-state index >= 15 is 0 Å². The maximum absolute atomic E-state index is 11.5. The number of nitrogens with one attached hydrogen (secondary N) is 1. The van der Waals surface area contributed by atoms with Crippen LogP contribution in [0.25, 0.3) is 11.2 Å². The molecule has 26 N–H and O–H groups in total. The van der Waals surface area contributed by atoms with Gasteiger partial charge in [-0.2, -0.15) is 4.98 Å². The summed E-state index contributed by atoms with van der Waals surface area (Å²) in [6, 6.07) is 0. The topological polar surface area (TPSA) is 693 Å². The number of anilines is 1. The Morgan fingerprint density at radius 2 is 0.600 bits per heavy atom. The number of nitrogen functional groups attached to an aromatic ring is 1. The molecule has 23 heterocycles. The molecule has 0 spiro atoms. The summed E-state index contributed by atoms with van der Waals surface area (Å²) in [5.74, 6) is -0.0184. The van der Waals surface area contributed by atoms with E-state index in [0.717, 1.165) is 0 Å². The van der Waals surface area contributed by atoms with Crippen molar-refractivity contribution in [2.75, 3.05) is 65.2 Å². The number of fused-ring (bicyclic) bond motifs is 1. The Bertz CT molecular complexity index is 2380. The van der Waals surface area contributed by atoms with E-state index in [4.69, 9.17) is 87.0 Å². The van der Waals surface area contributed by atoms with Gasteiger partial charge < -0.3 is 194 Å². The van der Waals surface area contributed by atoms with Crippen LogP contribution in [-0.2, 0) is 77.8 Å². The van der Waals surface area contributed by atoms with Crippen LogP contribution in [0.1, 0.15) is 0 Å². The fourth-order valence-corrected chi connectivity index (χ4v) is 11.8. The summed E-state index contributed by atoms with van der Waals surface area (Å²) in [5.41, 5.74) is 5.43. The van der Waals surface area contributed by atoms with Gasteiger partial charge in [0, 0.05) is 0 Å². The number of H-pyrrole nitrogens is 1. The molecule has 44 heteroatoms. The molecule has 0 aromatic carbocycles. The summed E-state index contributed by atoms with van der Waals surface area (Å²) < 4.78 is 86.1. The first-order chi connectivity index (χ1) is 45.3. The molecule has 35 atom stereocenters. The van der Waals surface area contributed by atoms with E-state index in [2.05, 4.69) is 15.0 Å². The lowest BCUT2D eigenvalue weighted by Crippen LogP contribution is -2.68. The number of hydrogen-bond acceptors (Lipinski definition) is 42. The van der Waals surface area contributed by atoms with Crippen molar-refractivity contribution >= 4 is 17.1 Å². The summed E-state index contributed by atoms with van der Waals surface area (Å²) in [4.78, 5) is 21.6. The van der Waals surface area contributed by atoms with E-state index in [1.165, 1.54) is 10.9 Å². The van der Waals surface area contributed by atoms with Crippen molar-refractivity contribution in [2.45, 2.75) is 228 Å². The molecule has 0 radical (unpaired) electrons. The molecule has 23 rings (SSSR count). The van der Waals surface area contributed by atoms with Crippen molar-refractivity contribution in [3.8, 4) is 0 Å². The van der Waals surface area contributed by atoms with Gasteiger partial charge in [0.25, 0.3) is 5.56 Å². The third-order valence-electron chi connectivity index (χ3n) is 17.1. The van der Waals surface area contributed by atoms with Gasteiger partial charge in [-0.05, 0) is 0 Å².